The van der Waals surface area contributed by atoms with E-state index in [-0.39, 0.29) is 0 Å². The molecule has 2 aromatic rings. The Kier molecular flexibility index (Phi) is 2.64. The molecule has 84 valence electrons. The van der Waals surface area contributed by atoms with Gasteiger partial charge >= 0.3 is 0 Å². The summed E-state index contributed by atoms with van der Waals surface area (Å²) in [5.41, 5.74) is 0. The molecule has 0 saturated carbocycles. The van der Waals surface area contributed by atoms with E-state index in [0.29, 0.717) is 11.8 Å². The van der Waals surface area contributed by atoms with Gasteiger partial charge in [0.05, 0.1) is 0 Å². The van der Waals surface area contributed by atoms with E-state index < -0.39 is 0 Å². The van der Waals surface area contributed by atoms with Crippen LogP contribution in [0.3, 0.4) is 0 Å². The van der Waals surface area contributed by atoms with Gasteiger partial charge in [0.25, 0.3) is 0 Å². The number of thiophene rings is 2. The van der Waals surface area contributed by atoms with Gasteiger partial charge in [-0.2, -0.15) is 0 Å². The van der Waals surface area contributed by atoms with E-state index in [0.717, 1.165) is 0 Å². The number of fused-ring (bicyclic) bond motifs is 4. The van der Waals surface area contributed by atoms with Crippen LogP contribution < -0.4 is 0 Å². The zero-order valence-corrected chi connectivity index (χ0v) is 11.3. The maximum absolute atomic E-state index is 2.35. The summed E-state index contributed by atoms with van der Waals surface area (Å²) in [5.74, 6) is 1.36. The molecule has 0 N–H and O–H groups in total. The maximum Gasteiger partial charge on any atom is 0.00799 e. The summed E-state index contributed by atoms with van der Waals surface area (Å²) in [7, 11) is 0. The molecule has 2 atom stereocenters. The minimum Gasteiger partial charge on any atom is -0.145 e. The van der Waals surface area contributed by atoms with Crippen LogP contribution in [0.2, 0.25) is 0 Å². The van der Waals surface area contributed by atoms with Gasteiger partial charge in [0.2, 0.25) is 0 Å². The van der Waals surface area contributed by atoms with Crippen LogP contribution in [-0.2, 0) is 12.8 Å². The van der Waals surface area contributed by atoms with Gasteiger partial charge in [-0.1, -0.05) is 13.8 Å². The zero-order valence-electron chi connectivity index (χ0n) is 9.69. The Morgan fingerprint density at radius 3 is 1.69 bits per heavy atom. The molecule has 2 aromatic heterocycles. The molecule has 0 aromatic carbocycles. The standard InChI is InChI=1S/C14H16S2/c1-9-7-11-4-6-14(16-11)10(2)8-12-3-5-13(9)15-12/h3-6,9-10H,7-8H2,1-2H3. The van der Waals surface area contributed by atoms with E-state index in [1.54, 1.807) is 19.5 Å². The van der Waals surface area contributed by atoms with Gasteiger partial charge in [0.1, 0.15) is 0 Å². The first-order valence-electron chi connectivity index (χ1n) is 5.89. The van der Waals surface area contributed by atoms with Crippen LogP contribution in [0.25, 0.3) is 0 Å². The second-order valence-electron chi connectivity index (χ2n) is 4.82. The van der Waals surface area contributed by atoms with Crippen molar-refractivity contribution in [2.24, 2.45) is 0 Å². The lowest BCUT2D eigenvalue weighted by Gasteiger charge is -2.11. The third kappa shape index (κ3) is 1.85. The van der Waals surface area contributed by atoms with Crippen LogP contribution in [0, 0.1) is 0 Å². The van der Waals surface area contributed by atoms with Crippen LogP contribution in [0.1, 0.15) is 45.2 Å². The second kappa shape index (κ2) is 4.01. The highest BCUT2D eigenvalue weighted by molar-refractivity contribution is 7.13. The number of hydrogen-bond acceptors (Lipinski definition) is 2. The van der Waals surface area contributed by atoms with E-state index in [9.17, 15) is 0 Å². The monoisotopic (exact) mass is 248 g/mol. The summed E-state index contributed by atoms with van der Waals surface area (Å²) >= 11 is 4.02. The van der Waals surface area contributed by atoms with E-state index >= 15 is 0 Å². The SMILES string of the molecule is CC1Cc2ccc(s2)C(C)Cc2ccc1s2. The molecule has 0 spiro atoms. The Bertz CT molecular complexity index is 446. The molecule has 0 fully saturated rings. The molecule has 0 radical (unpaired) electrons. The zero-order chi connectivity index (χ0) is 11.1. The number of rotatable bonds is 0. The van der Waals surface area contributed by atoms with Gasteiger partial charge in [0.15, 0.2) is 0 Å². The normalized spacial score (nSPS) is 24.4. The van der Waals surface area contributed by atoms with Crippen LogP contribution in [-0.4, -0.2) is 0 Å². The average Bonchev–Trinajstić information content (AvgIpc) is 2.85. The predicted octanol–water partition coefficient (Wildman–Crippen LogP) is 4.82. The van der Waals surface area contributed by atoms with Gasteiger partial charge < -0.3 is 0 Å². The maximum atomic E-state index is 2.35. The summed E-state index contributed by atoms with van der Waals surface area (Å²) in [4.78, 5) is 6.20. The van der Waals surface area contributed by atoms with Crippen LogP contribution in [0.15, 0.2) is 24.3 Å². The quantitative estimate of drug-likeness (QED) is 0.627. The molecule has 4 bridgehead atoms. The van der Waals surface area contributed by atoms with Crippen LogP contribution >= 0.6 is 22.7 Å². The van der Waals surface area contributed by atoms with E-state index in [2.05, 4.69) is 38.1 Å². The van der Waals surface area contributed by atoms with Crippen molar-refractivity contribution in [1.82, 2.24) is 0 Å². The van der Waals surface area contributed by atoms with E-state index in [1.807, 2.05) is 22.7 Å². The van der Waals surface area contributed by atoms with Gasteiger partial charge in [-0.15, -0.1) is 22.7 Å². The lowest BCUT2D eigenvalue weighted by molar-refractivity contribution is 0.783. The number of hydrogen-bond donors (Lipinski definition) is 0. The van der Waals surface area contributed by atoms with Crippen LogP contribution in [0.5, 0.6) is 0 Å². The van der Waals surface area contributed by atoms with Crippen LogP contribution in [0.4, 0.5) is 0 Å². The molecule has 1 aliphatic rings. The summed E-state index contributed by atoms with van der Waals surface area (Å²) in [6.07, 6.45) is 2.41. The van der Waals surface area contributed by atoms with E-state index in [4.69, 9.17) is 0 Å². The average molecular weight is 248 g/mol. The Hall–Kier alpha value is -0.600. The first-order chi connectivity index (χ1) is 7.72. The highest BCUT2D eigenvalue weighted by Gasteiger charge is 2.17. The highest BCUT2D eigenvalue weighted by Crippen LogP contribution is 2.36. The summed E-state index contributed by atoms with van der Waals surface area (Å²) in [6.45, 7) is 4.69. The van der Waals surface area contributed by atoms with E-state index in [1.165, 1.54) is 12.8 Å². The second-order valence-corrected chi connectivity index (χ2v) is 7.22. The van der Waals surface area contributed by atoms with Crippen molar-refractivity contribution in [2.75, 3.05) is 0 Å². The van der Waals surface area contributed by atoms with Crippen molar-refractivity contribution in [1.29, 1.82) is 0 Å². The molecule has 0 nitrogen and oxygen atoms in total. The molecule has 2 unspecified atom stereocenters. The Morgan fingerprint density at radius 2 is 1.25 bits per heavy atom. The van der Waals surface area contributed by atoms with Crippen molar-refractivity contribution < 1.29 is 0 Å². The third-order valence-electron chi connectivity index (χ3n) is 3.35. The molecule has 3 rings (SSSR count). The van der Waals surface area contributed by atoms with Crippen molar-refractivity contribution in [3.8, 4) is 0 Å². The van der Waals surface area contributed by atoms with Gasteiger partial charge in [0, 0.05) is 19.5 Å². The smallest absolute Gasteiger partial charge is 0.00799 e. The molecular formula is C14H16S2. The first kappa shape index (κ1) is 10.5. The summed E-state index contributed by atoms with van der Waals surface area (Å²) in [6, 6.07) is 9.31. The molecule has 3 heterocycles. The molecule has 0 aliphatic carbocycles. The summed E-state index contributed by atoms with van der Waals surface area (Å²) in [5, 5.41) is 0. The molecule has 16 heavy (non-hydrogen) atoms. The van der Waals surface area contributed by atoms with Crippen molar-refractivity contribution in [2.45, 2.75) is 38.5 Å². The lowest BCUT2D eigenvalue weighted by atomic mass is 10.0. The summed E-state index contributed by atoms with van der Waals surface area (Å²) < 4.78 is 0. The topological polar surface area (TPSA) is 0 Å². The van der Waals surface area contributed by atoms with Crippen molar-refractivity contribution >= 4 is 22.7 Å². The Labute approximate surface area is 105 Å². The fraction of sp³-hybridized carbons (Fsp3) is 0.429. The Balaban J connectivity index is 2.04. The molecule has 0 amide bonds. The Morgan fingerprint density at radius 1 is 0.812 bits per heavy atom. The van der Waals surface area contributed by atoms with Crippen molar-refractivity contribution in [3.05, 3.63) is 43.8 Å². The van der Waals surface area contributed by atoms with Gasteiger partial charge in [-0.05, 0) is 48.9 Å². The molecule has 1 aliphatic heterocycles. The molecule has 0 saturated heterocycles. The van der Waals surface area contributed by atoms with Gasteiger partial charge in [-0.3, -0.25) is 0 Å². The fourth-order valence-electron chi connectivity index (χ4n) is 2.34. The van der Waals surface area contributed by atoms with Gasteiger partial charge in [-0.25, -0.2) is 0 Å². The van der Waals surface area contributed by atoms with Crippen molar-refractivity contribution in [3.63, 3.8) is 0 Å². The first-order valence-corrected chi connectivity index (χ1v) is 7.53. The molecule has 2 heteroatoms. The largest absolute Gasteiger partial charge is 0.145 e. The molecular weight excluding hydrogens is 232 g/mol. The highest BCUT2D eigenvalue weighted by atomic mass is 32.1. The third-order valence-corrected chi connectivity index (χ3v) is 6.03. The fourth-order valence-corrected chi connectivity index (χ4v) is 4.73. The predicted molar refractivity (Wildman–Crippen MR) is 72.9 cm³/mol. The lowest BCUT2D eigenvalue weighted by Crippen LogP contribution is -1.96. The minimum atomic E-state index is 0.679. The minimum absolute atomic E-state index is 0.679.